The standard InChI is InChI=1S/C44H27N5O/c1-3-12-28(13-4-1)42-46-43(48-44(47-42)37-19-9-10-25-45-37)34-18-11-17-33-36-27-30(22-24-40(36)50-41(33)34)29-21-23-39-35(26-29)32-16-7-8-20-38(32)49(39)31-14-5-2-6-15-31/h1-27H. The molecule has 0 radical (unpaired) electrons. The van der Waals surface area contributed by atoms with Crippen LogP contribution in [0, 0.1) is 0 Å². The van der Waals surface area contributed by atoms with Crippen LogP contribution in [0.1, 0.15) is 0 Å². The van der Waals surface area contributed by atoms with Gasteiger partial charge in [0.25, 0.3) is 0 Å². The first kappa shape index (κ1) is 28.1. The molecule has 0 bridgehead atoms. The molecule has 6 nitrogen and oxygen atoms in total. The van der Waals surface area contributed by atoms with Gasteiger partial charge in [-0.25, -0.2) is 15.0 Å². The molecule has 0 aliphatic rings. The highest BCUT2D eigenvalue weighted by Crippen LogP contribution is 2.39. The average Bonchev–Trinajstić information content (AvgIpc) is 3.74. The van der Waals surface area contributed by atoms with Gasteiger partial charge in [0.15, 0.2) is 17.5 Å². The first-order valence-electron chi connectivity index (χ1n) is 16.6. The first-order chi connectivity index (χ1) is 24.8. The van der Waals surface area contributed by atoms with Gasteiger partial charge in [-0.2, -0.15) is 0 Å². The molecule has 6 heteroatoms. The van der Waals surface area contributed by atoms with E-state index in [2.05, 4.69) is 107 Å². The van der Waals surface area contributed by atoms with Gasteiger partial charge in [-0.3, -0.25) is 4.98 Å². The van der Waals surface area contributed by atoms with E-state index < -0.39 is 0 Å². The number of hydrogen-bond acceptors (Lipinski definition) is 5. The van der Waals surface area contributed by atoms with E-state index in [-0.39, 0.29) is 0 Å². The third kappa shape index (κ3) is 4.58. The Morgan fingerprint density at radius 3 is 1.96 bits per heavy atom. The van der Waals surface area contributed by atoms with Gasteiger partial charge >= 0.3 is 0 Å². The first-order valence-corrected chi connectivity index (χ1v) is 16.6. The molecule has 0 atom stereocenters. The van der Waals surface area contributed by atoms with E-state index in [1.165, 1.54) is 21.8 Å². The van der Waals surface area contributed by atoms with Crippen molar-refractivity contribution in [1.29, 1.82) is 0 Å². The van der Waals surface area contributed by atoms with Gasteiger partial charge in [0.1, 0.15) is 16.9 Å². The lowest BCUT2D eigenvalue weighted by molar-refractivity contribution is 0.669. The van der Waals surface area contributed by atoms with Gasteiger partial charge in [-0.05, 0) is 71.8 Å². The summed E-state index contributed by atoms with van der Waals surface area (Å²) in [6.45, 7) is 0. The molecule has 10 aromatic rings. The summed E-state index contributed by atoms with van der Waals surface area (Å²) in [7, 11) is 0. The van der Waals surface area contributed by atoms with Gasteiger partial charge in [0.2, 0.25) is 0 Å². The summed E-state index contributed by atoms with van der Waals surface area (Å²) < 4.78 is 8.92. The molecule has 10 rings (SSSR count). The van der Waals surface area contributed by atoms with Gasteiger partial charge in [0.05, 0.1) is 16.6 Å². The Kier molecular flexibility index (Phi) is 6.39. The number of rotatable bonds is 5. The molecule has 0 amide bonds. The molecule has 0 fully saturated rings. The van der Waals surface area contributed by atoms with Crippen molar-refractivity contribution in [1.82, 2.24) is 24.5 Å². The number of furan rings is 1. The van der Waals surface area contributed by atoms with Crippen molar-refractivity contribution >= 4 is 43.7 Å². The fourth-order valence-corrected chi connectivity index (χ4v) is 6.98. The van der Waals surface area contributed by atoms with Crippen LogP contribution < -0.4 is 0 Å². The maximum atomic E-state index is 6.58. The highest BCUT2D eigenvalue weighted by molar-refractivity contribution is 6.12. The number of benzene rings is 6. The van der Waals surface area contributed by atoms with Crippen molar-refractivity contribution in [2.75, 3.05) is 0 Å². The molecule has 0 saturated carbocycles. The summed E-state index contributed by atoms with van der Waals surface area (Å²) in [4.78, 5) is 19.2. The number of aromatic nitrogens is 5. The second-order valence-electron chi connectivity index (χ2n) is 12.3. The molecule has 4 heterocycles. The summed E-state index contributed by atoms with van der Waals surface area (Å²) >= 11 is 0. The Morgan fingerprint density at radius 2 is 1.12 bits per heavy atom. The zero-order valence-electron chi connectivity index (χ0n) is 26.7. The Hall–Kier alpha value is -6.92. The highest BCUT2D eigenvalue weighted by Gasteiger charge is 2.19. The summed E-state index contributed by atoms with van der Waals surface area (Å²) in [5.74, 6) is 1.62. The maximum absolute atomic E-state index is 6.58. The topological polar surface area (TPSA) is 69.6 Å². The van der Waals surface area contributed by atoms with Crippen LogP contribution in [-0.4, -0.2) is 24.5 Å². The van der Waals surface area contributed by atoms with Gasteiger partial charge < -0.3 is 8.98 Å². The van der Waals surface area contributed by atoms with E-state index in [0.29, 0.717) is 23.2 Å². The molecule has 50 heavy (non-hydrogen) atoms. The highest BCUT2D eigenvalue weighted by atomic mass is 16.3. The maximum Gasteiger partial charge on any atom is 0.182 e. The zero-order chi connectivity index (χ0) is 33.0. The molecule has 0 unspecified atom stereocenters. The van der Waals surface area contributed by atoms with Gasteiger partial charge in [-0.15, -0.1) is 0 Å². The normalized spacial score (nSPS) is 11.6. The zero-order valence-corrected chi connectivity index (χ0v) is 26.7. The van der Waals surface area contributed by atoms with Crippen LogP contribution in [0.5, 0.6) is 0 Å². The second kappa shape index (κ2) is 11.4. The van der Waals surface area contributed by atoms with Crippen molar-refractivity contribution in [2.24, 2.45) is 0 Å². The lowest BCUT2D eigenvalue weighted by atomic mass is 10.00. The lowest BCUT2D eigenvalue weighted by Gasteiger charge is -2.08. The monoisotopic (exact) mass is 641 g/mol. The van der Waals surface area contributed by atoms with Crippen LogP contribution in [0.3, 0.4) is 0 Å². The third-order valence-electron chi connectivity index (χ3n) is 9.32. The quantitative estimate of drug-likeness (QED) is 0.187. The number of pyridine rings is 1. The fourth-order valence-electron chi connectivity index (χ4n) is 6.98. The minimum absolute atomic E-state index is 0.508. The van der Waals surface area contributed by atoms with E-state index in [1.54, 1.807) is 6.20 Å². The molecule has 0 aliphatic carbocycles. The predicted octanol–water partition coefficient (Wildman–Crippen LogP) is 10.9. The molecule has 4 aromatic heterocycles. The van der Waals surface area contributed by atoms with E-state index in [4.69, 9.17) is 19.4 Å². The fraction of sp³-hybridized carbons (Fsp3) is 0. The Morgan fingerprint density at radius 1 is 0.440 bits per heavy atom. The van der Waals surface area contributed by atoms with Crippen LogP contribution in [0.15, 0.2) is 168 Å². The number of hydrogen-bond donors (Lipinski definition) is 0. The van der Waals surface area contributed by atoms with E-state index in [0.717, 1.165) is 49.9 Å². The van der Waals surface area contributed by atoms with Crippen LogP contribution >= 0.6 is 0 Å². The van der Waals surface area contributed by atoms with Crippen molar-refractivity contribution in [3.63, 3.8) is 0 Å². The van der Waals surface area contributed by atoms with Crippen LogP contribution in [-0.2, 0) is 0 Å². The molecule has 0 spiro atoms. The molecular formula is C44H27N5O. The summed E-state index contributed by atoms with van der Waals surface area (Å²) in [5, 5.41) is 4.48. The summed E-state index contributed by atoms with van der Waals surface area (Å²) in [5.41, 5.74) is 9.70. The van der Waals surface area contributed by atoms with E-state index in [9.17, 15) is 0 Å². The molecule has 0 aliphatic heterocycles. The lowest BCUT2D eigenvalue weighted by Crippen LogP contribution is -2.01. The minimum Gasteiger partial charge on any atom is -0.455 e. The Bertz CT molecular complexity index is 2800. The smallest absolute Gasteiger partial charge is 0.182 e. The van der Waals surface area contributed by atoms with Crippen molar-refractivity contribution in [2.45, 2.75) is 0 Å². The molecule has 0 saturated heterocycles. The van der Waals surface area contributed by atoms with Crippen molar-refractivity contribution < 1.29 is 4.42 Å². The largest absolute Gasteiger partial charge is 0.455 e. The number of para-hydroxylation sites is 3. The van der Waals surface area contributed by atoms with Crippen LogP contribution in [0.4, 0.5) is 0 Å². The van der Waals surface area contributed by atoms with E-state index in [1.807, 2.05) is 60.7 Å². The van der Waals surface area contributed by atoms with Crippen LogP contribution in [0.25, 0.3) is 94.9 Å². The van der Waals surface area contributed by atoms with Gasteiger partial charge in [0, 0.05) is 39.0 Å². The molecule has 6 aromatic carbocycles. The minimum atomic E-state index is 0.508. The SMILES string of the molecule is c1ccc(-c2nc(-c3ccccn3)nc(-c3cccc4c3oc3ccc(-c5ccc6c(c5)c5ccccc5n6-c5ccccc5)cc34)n2)cc1. The molecule has 234 valence electrons. The predicted molar refractivity (Wildman–Crippen MR) is 201 cm³/mol. The molecular weight excluding hydrogens is 615 g/mol. The van der Waals surface area contributed by atoms with Gasteiger partial charge in [-0.1, -0.05) is 97.1 Å². The summed E-state index contributed by atoms with van der Waals surface area (Å²) in [6, 6.07) is 54.2. The number of nitrogens with zero attached hydrogens (tertiary/aromatic N) is 5. The second-order valence-corrected chi connectivity index (χ2v) is 12.3. The molecule has 0 N–H and O–H groups in total. The summed E-state index contributed by atoms with van der Waals surface area (Å²) in [6.07, 6.45) is 1.75. The van der Waals surface area contributed by atoms with Crippen molar-refractivity contribution in [3.05, 3.63) is 164 Å². The van der Waals surface area contributed by atoms with Crippen molar-refractivity contribution in [3.8, 4) is 51.1 Å². The third-order valence-corrected chi connectivity index (χ3v) is 9.32. The van der Waals surface area contributed by atoms with Crippen LogP contribution in [0.2, 0.25) is 0 Å². The number of fused-ring (bicyclic) bond motifs is 6. The Balaban J connectivity index is 1.12. The average molecular weight is 642 g/mol. The Labute approximate surface area is 287 Å². The van der Waals surface area contributed by atoms with E-state index >= 15 is 0 Å².